The van der Waals surface area contributed by atoms with E-state index in [0.29, 0.717) is 18.0 Å². The number of aryl methyl sites for hydroxylation is 2. The molecule has 1 aromatic heterocycles. The minimum Gasteiger partial charge on any atom is -0.356 e. The maximum Gasteiger partial charge on any atom is 0.224 e. The summed E-state index contributed by atoms with van der Waals surface area (Å²) < 4.78 is 2.28. The summed E-state index contributed by atoms with van der Waals surface area (Å²) in [7, 11) is 0. The number of para-hydroxylation sites is 2. The van der Waals surface area contributed by atoms with Crippen LogP contribution in [-0.4, -0.2) is 22.0 Å². The first-order valence-corrected chi connectivity index (χ1v) is 11.0. The van der Waals surface area contributed by atoms with E-state index < -0.39 is 0 Å². The van der Waals surface area contributed by atoms with Crippen LogP contribution in [0, 0.1) is 6.92 Å². The fourth-order valence-electron chi connectivity index (χ4n) is 3.72. The number of halogens is 1. The van der Waals surface area contributed by atoms with Crippen LogP contribution < -0.4 is 5.32 Å². The molecule has 0 saturated heterocycles. The lowest BCUT2D eigenvalue weighted by Crippen LogP contribution is -2.26. The first-order valence-electron chi connectivity index (χ1n) is 10.6. The lowest BCUT2D eigenvalue weighted by Gasteiger charge is -2.11. The van der Waals surface area contributed by atoms with Gasteiger partial charge < -0.3 is 9.88 Å². The van der Waals surface area contributed by atoms with Crippen molar-refractivity contribution in [2.45, 2.75) is 32.7 Å². The zero-order chi connectivity index (χ0) is 21.6. The van der Waals surface area contributed by atoms with Gasteiger partial charge >= 0.3 is 0 Å². The lowest BCUT2D eigenvalue weighted by atomic mass is 10.1. The molecule has 1 N–H and O–H groups in total. The highest BCUT2D eigenvalue weighted by Gasteiger charge is 2.11. The number of amides is 1. The van der Waals surface area contributed by atoms with Crippen LogP contribution in [0.5, 0.6) is 0 Å². The Morgan fingerprint density at radius 1 is 1.00 bits per heavy atom. The quantitative estimate of drug-likeness (QED) is 0.383. The van der Waals surface area contributed by atoms with Gasteiger partial charge in [0, 0.05) is 24.5 Å². The van der Waals surface area contributed by atoms with Crippen molar-refractivity contribution in [3.8, 4) is 0 Å². The summed E-state index contributed by atoms with van der Waals surface area (Å²) in [5, 5.41) is 3.63. The number of imidazole rings is 1. The molecule has 1 heterocycles. The highest BCUT2D eigenvalue weighted by Crippen LogP contribution is 2.19. The smallest absolute Gasteiger partial charge is 0.224 e. The summed E-state index contributed by atoms with van der Waals surface area (Å²) in [6, 6.07) is 24.3. The zero-order valence-electron chi connectivity index (χ0n) is 17.6. The fourth-order valence-corrected chi connectivity index (χ4v) is 3.92. The summed E-state index contributed by atoms with van der Waals surface area (Å²) in [6.45, 7) is 3.49. The van der Waals surface area contributed by atoms with Crippen LogP contribution in [0.2, 0.25) is 5.02 Å². The van der Waals surface area contributed by atoms with Crippen molar-refractivity contribution < 1.29 is 4.79 Å². The second-order valence-corrected chi connectivity index (χ2v) is 8.22. The SMILES string of the molecule is Cc1ccc(Cn2c(CCCNC(=O)Cc3ccccc3Cl)nc3ccccc32)cc1. The number of benzene rings is 3. The van der Waals surface area contributed by atoms with Gasteiger partial charge in [0.1, 0.15) is 5.82 Å². The molecule has 31 heavy (non-hydrogen) atoms. The predicted molar refractivity (Wildman–Crippen MR) is 127 cm³/mol. The van der Waals surface area contributed by atoms with E-state index in [-0.39, 0.29) is 5.91 Å². The molecule has 0 radical (unpaired) electrons. The maximum absolute atomic E-state index is 12.3. The number of nitrogens with one attached hydrogen (secondary N) is 1. The van der Waals surface area contributed by atoms with Crippen LogP contribution in [0.1, 0.15) is 28.9 Å². The normalized spacial score (nSPS) is 11.0. The Bertz CT molecular complexity index is 1180. The summed E-state index contributed by atoms with van der Waals surface area (Å²) >= 11 is 6.15. The molecule has 0 bridgehead atoms. The number of hydrogen-bond donors (Lipinski definition) is 1. The molecule has 4 nitrogen and oxygen atoms in total. The van der Waals surface area contributed by atoms with Crippen molar-refractivity contribution in [2.24, 2.45) is 0 Å². The van der Waals surface area contributed by atoms with E-state index in [2.05, 4.69) is 53.2 Å². The van der Waals surface area contributed by atoms with E-state index in [9.17, 15) is 4.79 Å². The minimum absolute atomic E-state index is 0.0127. The van der Waals surface area contributed by atoms with Gasteiger partial charge in [0.05, 0.1) is 17.5 Å². The molecule has 0 saturated carbocycles. The number of aromatic nitrogens is 2. The Hall–Kier alpha value is -3.11. The third kappa shape index (κ3) is 5.33. The van der Waals surface area contributed by atoms with Crippen LogP contribution in [-0.2, 0) is 24.2 Å². The van der Waals surface area contributed by atoms with Gasteiger partial charge in [-0.1, -0.05) is 71.8 Å². The number of carbonyl (C=O) groups excluding carboxylic acids is 1. The molecule has 3 aromatic carbocycles. The number of nitrogens with zero attached hydrogens (tertiary/aromatic N) is 2. The molecule has 4 aromatic rings. The zero-order valence-corrected chi connectivity index (χ0v) is 18.4. The van der Waals surface area contributed by atoms with Gasteiger partial charge in [0.25, 0.3) is 0 Å². The van der Waals surface area contributed by atoms with Crippen LogP contribution in [0.25, 0.3) is 11.0 Å². The van der Waals surface area contributed by atoms with Crippen LogP contribution >= 0.6 is 11.6 Å². The van der Waals surface area contributed by atoms with Gasteiger partial charge in [0.15, 0.2) is 0 Å². The Balaban J connectivity index is 1.39. The molecular weight excluding hydrogens is 406 g/mol. The van der Waals surface area contributed by atoms with E-state index in [1.165, 1.54) is 11.1 Å². The van der Waals surface area contributed by atoms with Crippen molar-refractivity contribution in [3.63, 3.8) is 0 Å². The lowest BCUT2D eigenvalue weighted by molar-refractivity contribution is -0.120. The Morgan fingerprint density at radius 2 is 1.74 bits per heavy atom. The molecule has 0 unspecified atom stereocenters. The topological polar surface area (TPSA) is 46.9 Å². The third-order valence-electron chi connectivity index (χ3n) is 5.40. The number of carbonyl (C=O) groups is 1. The monoisotopic (exact) mass is 431 g/mol. The number of fused-ring (bicyclic) bond motifs is 1. The van der Waals surface area contributed by atoms with Crippen LogP contribution in [0.3, 0.4) is 0 Å². The molecule has 5 heteroatoms. The van der Waals surface area contributed by atoms with Gasteiger partial charge in [-0.2, -0.15) is 0 Å². The average Bonchev–Trinajstić information content (AvgIpc) is 3.12. The van der Waals surface area contributed by atoms with Gasteiger partial charge in [-0.3, -0.25) is 4.79 Å². The highest BCUT2D eigenvalue weighted by molar-refractivity contribution is 6.31. The van der Waals surface area contributed by atoms with Crippen molar-refractivity contribution in [1.29, 1.82) is 0 Å². The molecule has 0 fully saturated rings. The van der Waals surface area contributed by atoms with E-state index >= 15 is 0 Å². The molecule has 0 spiro atoms. The first-order chi connectivity index (χ1) is 15.1. The minimum atomic E-state index is -0.0127. The van der Waals surface area contributed by atoms with Gasteiger partial charge in [-0.25, -0.2) is 4.98 Å². The Labute approximate surface area is 187 Å². The van der Waals surface area contributed by atoms with Crippen LogP contribution in [0.4, 0.5) is 0 Å². The van der Waals surface area contributed by atoms with Gasteiger partial charge in [-0.15, -0.1) is 0 Å². The van der Waals surface area contributed by atoms with Crippen molar-refractivity contribution in [1.82, 2.24) is 14.9 Å². The highest BCUT2D eigenvalue weighted by atomic mass is 35.5. The standard InChI is InChI=1S/C26H26ClN3O/c1-19-12-14-20(15-13-19)18-30-24-10-5-4-9-23(24)29-25(30)11-6-16-28-26(31)17-21-7-2-3-8-22(21)27/h2-5,7-10,12-15H,6,11,16-18H2,1H3,(H,28,31). The predicted octanol–water partition coefficient (Wildman–Crippen LogP) is 5.34. The second-order valence-electron chi connectivity index (χ2n) is 7.81. The molecule has 4 rings (SSSR count). The van der Waals surface area contributed by atoms with E-state index in [1.54, 1.807) is 0 Å². The Morgan fingerprint density at radius 3 is 2.55 bits per heavy atom. The van der Waals surface area contributed by atoms with Crippen molar-refractivity contribution in [3.05, 3.63) is 100 Å². The maximum atomic E-state index is 12.3. The van der Waals surface area contributed by atoms with E-state index in [0.717, 1.165) is 41.8 Å². The molecule has 0 atom stereocenters. The number of rotatable bonds is 8. The molecule has 1 amide bonds. The molecule has 0 aliphatic heterocycles. The molecule has 0 aliphatic carbocycles. The summed E-state index contributed by atoms with van der Waals surface area (Å²) in [5.74, 6) is 1.03. The largest absolute Gasteiger partial charge is 0.356 e. The second kappa shape index (κ2) is 9.80. The van der Waals surface area contributed by atoms with E-state index in [1.807, 2.05) is 36.4 Å². The van der Waals surface area contributed by atoms with Gasteiger partial charge in [-0.05, 0) is 42.7 Å². The summed E-state index contributed by atoms with van der Waals surface area (Å²) in [5.41, 5.74) is 5.50. The Kier molecular flexibility index (Phi) is 6.68. The third-order valence-corrected chi connectivity index (χ3v) is 5.77. The van der Waals surface area contributed by atoms with Crippen molar-refractivity contribution >= 4 is 28.5 Å². The fraction of sp³-hybridized carbons (Fsp3) is 0.231. The molecular formula is C26H26ClN3O. The molecule has 158 valence electrons. The molecule has 0 aliphatic rings. The average molecular weight is 432 g/mol. The number of hydrogen-bond acceptors (Lipinski definition) is 2. The van der Waals surface area contributed by atoms with Gasteiger partial charge in [0.2, 0.25) is 5.91 Å². The van der Waals surface area contributed by atoms with E-state index in [4.69, 9.17) is 16.6 Å². The van der Waals surface area contributed by atoms with Crippen LogP contribution in [0.15, 0.2) is 72.8 Å². The first kappa shape index (κ1) is 21.1. The van der Waals surface area contributed by atoms with Crippen molar-refractivity contribution in [2.75, 3.05) is 6.54 Å². The summed E-state index contributed by atoms with van der Waals surface area (Å²) in [4.78, 5) is 17.1. The summed E-state index contributed by atoms with van der Waals surface area (Å²) in [6.07, 6.45) is 1.92.